The second-order valence-corrected chi connectivity index (χ2v) is 9.36. The van der Waals surface area contributed by atoms with Gasteiger partial charge in [-0.15, -0.1) is 0 Å². The maximum absolute atomic E-state index is 13.0. The van der Waals surface area contributed by atoms with Crippen LogP contribution in [0.1, 0.15) is 55.7 Å². The van der Waals surface area contributed by atoms with Crippen molar-refractivity contribution in [1.82, 2.24) is 9.88 Å². The molecule has 174 valence electrons. The highest BCUT2D eigenvalue weighted by atomic mass is 32.1. The number of pyridine rings is 1. The van der Waals surface area contributed by atoms with E-state index in [2.05, 4.69) is 35.1 Å². The number of benzene rings is 2. The van der Waals surface area contributed by atoms with Crippen LogP contribution in [0.2, 0.25) is 0 Å². The molecule has 2 N–H and O–H groups in total. The van der Waals surface area contributed by atoms with Gasteiger partial charge >= 0.3 is 0 Å². The molecule has 5 nitrogen and oxygen atoms in total. The summed E-state index contributed by atoms with van der Waals surface area (Å²) in [6.07, 6.45) is 5.83. The largest absolute Gasteiger partial charge is 0.494 e. The minimum atomic E-state index is -0.0443. The van der Waals surface area contributed by atoms with E-state index in [0.29, 0.717) is 24.3 Å². The Morgan fingerprint density at radius 2 is 1.85 bits per heavy atom. The molecule has 0 radical (unpaired) electrons. The number of anilines is 1. The van der Waals surface area contributed by atoms with Gasteiger partial charge in [-0.3, -0.25) is 4.79 Å². The zero-order valence-corrected chi connectivity index (χ0v) is 20.6. The molecule has 0 unspecified atom stereocenters. The lowest BCUT2D eigenvalue weighted by molar-refractivity contribution is 0.240. The van der Waals surface area contributed by atoms with E-state index >= 15 is 0 Å². The summed E-state index contributed by atoms with van der Waals surface area (Å²) in [5.41, 5.74) is 4.83. The fourth-order valence-electron chi connectivity index (χ4n) is 4.77. The molecule has 4 rings (SSSR count). The van der Waals surface area contributed by atoms with Crippen LogP contribution < -0.4 is 15.6 Å². The third kappa shape index (κ3) is 5.56. The summed E-state index contributed by atoms with van der Waals surface area (Å²) in [5.74, 6) is 0.839. The number of aromatic amines is 1. The molecular weight excluding hydrogens is 430 g/mol. The summed E-state index contributed by atoms with van der Waals surface area (Å²) in [4.78, 5) is 18.3. The van der Waals surface area contributed by atoms with Gasteiger partial charge in [0.2, 0.25) is 0 Å². The Hall–Kier alpha value is -2.86. The summed E-state index contributed by atoms with van der Waals surface area (Å²) < 4.78 is 5.54. The van der Waals surface area contributed by atoms with Crippen molar-refractivity contribution >= 4 is 33.9 Å². The smallest absolute Gasteiger partial charge is 0.253 e. The maximum atomic E-state index is 13.0. The van der Waals surface area contributed by atoms with Crippen LogP contribution in [0.5, 0.6) is 5.75 Å². The van der Waals surface area contributed by atoms with Crippen LogP contribution in [0, 0.1) is 13.8 Å². The monoisotopic (exact) mass is 463 g/mol. The highest BCUT2D eigenvalue weighted by Gasteiger charge is 2.25. The van der Waals surface area contributed by atoms with E-state index in [9.17, 15) is 4.79 Å². The molecule has 1 saturated carbocycles. The van der Waals surface area contributed by atoms with E-state index in [4.69, 9.17) is 17.0 Å². The van der Waals surface area contributed by atoms with Crippen molar-refractivity contribution in [2.24, 2.45) is 0 Å². The standard InChI is InChI=1S/C27H33N3O2S/c1-4-32-23-12-10-21(11-13-23)28-27(33)30(22-8-6-5-7-9-22)17-20-16-24-19(3)14-18(2)15-25(24)29-26(20)31/h10-16,22H,4-9,17H2,1-3H3,(H,28,33)(H,29,31). The predicted octanol–water partition coefficient (Wildman–Crippen LogP) is 6.08. The number of hydrogen-bond donors (Lipinski definition) is 2. The molecule has 1 aliphatic carbocycles. The van der Waals surface area contributed by atoms with E-state index < -0.39 is 0 Å². The average Bonchev–Trinajstić information content (AvgIpc) is 2.80. The van der Waals surface area contributed by atoms with Crippen LogP contribution in [-0.4, -0.2) is 27.6 Å². The van der Waals surface area contributed by atoms with Crippen LogP contribution in [0.25, 0.3) is 10.9 Å². The lowest BCUT2D eigenvalue weighted by atomic mass is 9.94. The Kier molecular flexibility index (Phi) is 7.33. The normalized spacial score (nSPS) is 14.3. The van der Waals surface area contributed by atoms with Crippen LogP contribution in [0.3, 0.4) is 0 Å². The molecular formula is C27H33N3O2S. The molecule has 2 aromatic carbocycles. The molecule has 1 fully saturated rings. The fraction of sp³-hybridized carbons (Fsp3) is 0.407. The molecule has 3 aromatic rings. The Bertz CT molecular complexity index is 1180. The lowest BCUT2D eigenvalue weighted by Gasteiger charge is -2.36. The molecule has 0 amide bonds. The van der Waals surface area contributed by atoms with E-state index in [0.717, 1.165) is 46.3 Å². The minimum Gasteiger partial charge on any atom is -0.494 e. The molecule has 1 heterocycles. The number of thiocarbonyl (C=S) groups is 1. The van der Waals surface area contributed by atoms with Gasteiger partial charge in [-0.25, -0.2) is 0 Å². The minimum absolute atomic E-state index is 0.0443. The average molecular weight is 464 g/mol. The van der Waals surface area contributed by atoms with Gasteiger partial charge in [0.05, 0.1) is 13.2 Å². The van der Waals surface area contributed by atoms with Gasteiger partial charge in [0.1, 0.15) is 5.75 Å². The summed E-state index contributed by atoms with van der Waals surface area (Å²) in [6, 6.07) is 14.4. The van der Waals surface area contributed by atoms with Crippen molar-refractivity contribution in [2.75, 3.05) is 11.9 Å². The summed E-state index contributed by atoms with van der Waals surface area (Å²) in [6.45, 7) is 7.25. The fourth-order valence-corrected chi connectivity index (χ4v) is 5.10. The molecule has 0 saturated heterocycles. The van der Waals surface area contributed by atoms with Gasteiger partial charge in [-0.2, -0.15) is 0 Å². The maximum Gasteiger partial charge on any atom is 0.253 e. The third-order valence-electron chi connectivity index (χ3n) is 6.42. The van der Waals surface area contributed by atoms with Crippen LogP contribution in [0.15, 0.2) is 47.3 Å². The number of aromatic nitrogens is 1. The van der Waals surface area contributed by atoms with Gasteiger partial charge < -0.3 is 19.9 Å². The first-order chi connectivity index (χ1) is 15.9. The molecule has 1 aromatic heterocycles. The zero-order chi connectivity index (χ0) is 23.4. The number of ether oxygens (including phenoxy) is 1. The first-order valence-electron chi connectivity index (χ1n) is 11.9. The van der Waals surface area contributed by atoms with E-state index in [1.165, 1.54) is 24.8 Å². The van der Waals surface area contributed by atoms with Crippen molar-refractivity contribution in [3.05, 3.63) is 69.5 Å². The van der Waals surface area contributed by atoms with E-state index in [1.807, 2.05) is 43.3 Å². The second kappa shape index (κ2) is 10.4. The van der Waals surface area contributed by atoms with Gasteiger partial charge in [0.15, 0.2) is 5.11 Å². The Morgan fingerprint density at radius 1 is 1.12 bits per heavy atom. The Labute approximate surface area is 201 Å². The van der Waals surface area contributed by atoms with E-state index in [-0.39, 0.29) is 5.56 Å². The number of hydrogen-bond acceptors (Lipinski definition) is 3. The topological polar surface area (TPSA) is 57.4 Å². The third-order valence-corrected chi connectivity index (χ3v) is 6.76. The summed E-state index contributed by atoms with van der Waals surface area (Å²) in [5, 5.41) is 5.14. The van der Waals surface area contributed by atoms with Crippen LogP contribution in [-0.2, 0) is 6.54 Å². The Balaban J connectivity index is 1.61. The lowest BCUT2D eigenvalue weighted by Crippen LogP contribution is -2.44. The summed E-state index contributed by atoms with van der Waals surface area (Å²) >= 11 is 5.87. The van der Waals surface area contributed by atoms with Crippen molar-refractivity contribution in [3.63, 3.8) is 0 Å². The van der Waals surface area contributed by atoms with Crippen molar-refractivity contribution < 1.29 is 4.74 Å². The molecule has 0 aliphatic heterocycles. The van der Waals surface area contributed by atoms with Gasteiger partial charge in [0.25, 0.3) is 5.56 Å². The molecule has 6 heteroatoms. The first-order valence-corrected chi connectivity index (χ1v) is 12.3. The number of fused-ring (bicyclic) bond motifs is 1. The Morgan fingerprint density at radius 3 is 2.55 bits per heavy atom. The number of rotatable bonds is 6. The number of aryl methyl sites for hydroxylation is 2. The quantitative estimate of drug-likeness (QED) is 0.434. The van der Waals surface area contributed by atoms with E-state index in [1.54, 1.807) is 0 Å². The van der Waals surface area contributed by atoms with Gasteiger partial charge in [-0.1, -0.05) is 25.3 Å². The van der Waals surface area contributed by atoms with Gasteiger partial charge in [-0.05, 0) is 93.4 Å². The highest BCUT2D eigenvalue weighted by molar-refractivity contribution is 7.80. The van der Waals surface area contributed by atoms with Crippen molar-refractivity contribution in [3.8, 4) is 5.75 Å². The van der Waals surface area contributed by atoms with Gasteiger partial charge in [0, 0.05) is 28.2 Å². The highest BCUT2D eigenvalue weighted by Crippen LogP contribution is 2.26. The number of nitrogens with one attached hydrogen (secondary N) is 2. The molecule has 0 spiro atoms. The molecule has 0 atom stereocenters. The second-order valence-electron chi connectivity index (χ2n) is 8.97. The van der Waals surface area contributed by atoms with Crippen molar-refractivity contribution in [1.29, 1.82) is 0 Å². The van der Waals surface area contributed by atoms with Crippen LogP contribution in [0.4, 0.5) is 5.69 Å². The molecule has 33 heavy (non-hydrogen) atoms. The SMILES string of the molecule is CCOc1ccc(NC(=S)N(Cc2cc3c(C)cc(C)cc3[nH]c2=O)C2CCCCC2)cc1. The summed E-state index contributed by atoms with van der Waals surface area (Å²) in [7, 11) is 0. The first kappa shape index (κ1) is 23.3. The van der Waals surface area contributed by atoms with Crippen LogP contribution >= 0.6 is 12.2 Å². The zero-order valence-electron chi connectivity index (χ0n) is 19.7. The van der Waals surface area contributed by atoms with Crippen molar-refractivity contribution in [2.45, 2.75) is 65.5 Å². The predicted molar refractivity (Wildman–Crippen MR) is 140 cm³/mol. The molecule has 1 aliphatic rings. The molecule has 0 bridgehead atoms. The number of H-pyrrole nitrogens is 1. The number of nitrogens with zero attached hydrogens (tertiary/aromatic N) is 1.